The van der Waals surface area contributed by atoms with E-state index in [9.17, 15) is 8.78 Å². The number of halogens is 2. The fourth-order valence-corrected chi connectivity index (χ4v) is 1.82. The number of nitrogens with one attached hydrogen (secondary N) is 1. The lowest BCUT2D eigenvalue weighted by molar-refractivity contribution is 0.538. The number of nitrogens with two attached hydrogens (primary N) is 1. The molecule has 1 aromatic carbocycles. The zero-order chi connectivity index (χ0) is 11.5. The molecule has 1 unspecified atom stereocenters. The van der Waals surface area contributed by atoms with Crippen molar-refractivity contribution in [2.75, 3.05) is 0 Å². The van der Waals surface area contributed by atoms with Gasteiger partial charge in [0.05, 0.1) is 29.7 Å². The van der Waals surface area contributed by atoms with E-state index < -0.39 is 17.7 Å². The summed E-state index contributed by atoms with van der Waals surface area (Å²) >= 11 is 0.995. The quantitative estimate of drug-likeness (QED) is 0.630. The van der Waals surface area contributed by atoms with Crippen LogP contribution in [0, 0.1) is 11.6 Å². The topological polar surface area (TPSA) is 63.8 Å². The van der Waals surface area contributed by atoms with Crippen molar-refractivity contribution in [1.82, 2.24) is 14.2 Å². The summed E-state index contributed by atoms with van der Waals surface area (Å²) in [5.74, 6) is 4.03. The first-order chi connectivity index (χ1) is 7.72. The Bertz CT molecular complexity index is 474. The van der Waals surface area contributed by atoms with Gasteiger partial charge < -0.3 is 0 Å². The van der Waals surface area contributed by atoms with Crippen LogP contribution in [0.25, 0.3) is 0 Å². The zero-order valence-electron chi connectivity index (χ0n) is 8.02. The van der Waals surface area contributed by atoms with Crippen LogP contribution >= 0.6 is 11.7 Å². The van der Waals surface area contributed by atoms with E-state index in [2.05, 4.69) is 14.2 Å². The second-order valence-corrected chi connectivity index (χ2v) is 3.65. The minimum atomic E-state index is -0.670. The highest BCUT2D eigenvalue weighted by molar-refractivity contribution is 6.99. The van der Waals surface area contributed by atoms with Crippen molar-refractivity contribution >= 4 is 11.7 Å². The number of hydrazine groups is 1. The van der Waals surface area contributed by atoms with E-state index in [-0.39, 0.29) is 5.56 Å². The van der Waals surface area contributed by atoms with Crippen molar-refractivity contribution in [2.24, 2.45) is 5.84 Å². The van der Waals surface area contributed by atoms with Gasteiger partial charge >= 0.3 is 0 Å². The molecule has 0 saturated heterocycles. The molecular formula is C9H8F2N4S. The summed E-state index contributed by atoms with van der Waals surface area (Å²) in [5, 5.41) is 0. The monoisotopic (exact) mass is 242 g/mol. The maximum atomic E-state index is 13.5. The molecule has 2 aromatic rings. The van der Waals surface area contributed by atoms with Crippen LogP contribution in [0.5, 0.6) is 0 Å². The second kappa shape index (κ2) is 4.60. The number of hydrogen-bond donors (Lipinski definition) is 2. The first-order valence-electron chi connectivity index (χ1n) is 4.41. The normalized spacial score (nSPS) is 12.7. The van der Waals surface area contributed by atoms with E-state index in [1.54, 1.807) is 0 Å². The van der Waals surface area contributed by atoms with Crippen molar-refractivity contribution < 1.29 is 8.78 Å². The predicted octanol–water partition coefficient (Wildman–Crippen LogP) is 1.37. The molecule has 7 heteroatoms. The largest absolute Gasteiger partial charge is 0.271 e. The minimum Gasteiger partial charge on any atom is -0.271 e. The van der Waals surface area contributed by atoms with Gasteiger partial charge in [0, 0.05) is 11.6 Å². The predicted molar refractivity (Wildman–Crippen MR) is 55.4 cm³/mol. The van der Waals surface area contributed by atoms with Crippen LogP contribution in [-0.4, -0.2) is 8.75 Å². The average molecular weight is 242 g/mol. The van der Waals surface area contributed by atoms with Crippen molar-refractivity contribution in [2.45, 2.75) is 6.04 Å². The Morgan fingerprint density at radius 2 is 2.19 bits per heavy atom. The molecular weight excluding hydrogens is 234 g/mol. The third kappa shape index (κ3) is 2.06. The van der Waals surface area contributed by atoms with Crippen LogP contribution in [0.2, 0.25) is 0 Å². The van der Waals surface area contributed by atoms with E-state index in [1.165, 1.54) is 18.3 Å². The molecule has 16 heavy (non-hydrogen) atoms. The minimum absolute atomic E-state index is 0.233. The molecule has 1 heterocycles. The van der Waals surface area contributed by atoms with Gasteiger partial charge in [-0.25, -0.2) is 14.2 Å². The molecule has 1 aromatic heterocycles. The summed E-state index contributed by atoms with van der Waals surface area (Å²) in [7, 11) is 0. The standard InChI is InChI=1S/C9H8F2N4S/c10-5-1-2-6(7(11)3-5)9(14-12)8-4-13-16-15-8/h1-4,9,14H,12H2. The van der Waals surface area contributed by atoms with Crippen LogP contribution in [0.4, 0.5) is 8.78 Å². The number of aromatic nitrogens is 2. The Labute approximate surface area is 94.4 Å². The Balaban J connectivity index is 2.41. The fraction of sp³-hybridized carbons (Fsp3) is 0.111. The highest BCUT2D eigenvalue weighted by Gasteiger charge is 2.19. The van der Waals surface area contributed by atoms with Crippen LogP contribution in [0.1, 0.15) is 17.3 Å². The SMILES string of the molecule is NNC(c1cnsn1)c1ccc(F)cc1F. The van der Waals surface area contributed by atoms with Gasteiger partial charge in [-0.2, -0.15) is 8.75 Å². The fourth-order valence-electron chi connectivity index (χ4n) is 1.37. The summed E-state index contributed by atoms with van der Waals surface area (Å²) in [6.45, 7) is 0. The van der Waals surface area contributed by atoms with Gasteiger partial charge in [0.15, 0.2) is 0 Å². The van der Waals surface area contributed by atoms with E-state index >= 15 is 0 Å². The number of benzene rings is 1. The van der Waals surface area contributed by atoms with Gasteiger partial charge in [-0.3, -0.25) is 5.84 Å². The highest BCUT2D eigenvalue weighted by atomic mass is 32.1. The second-order valence-electron chi connectivity index (χ2n) is 3.10. The molecule has 0 saturated carbocycles. The van der Waals surface area contributed by atoms with E-state index in [4.69, 9.17) is 5.84 Å². The molecule has 0 fully saturated rings. The van der Waals surface area contributed by atoms with Crippen molar-refractivity contribution in [1.29, 1.82) is 0 Å². The van der Waals surface area contributed by atoms with Crippen molar-refractivity contribution in [3.05, 3.63) is 47.3 Å². The van der Waals surface area contributed by atoms with E-state index in [0.29, 0.717) is 5.69 Å². The number of hydrogen-bond acceptors (Lipinski definition) is 5. The molecule has 0 aliphatic heterocycles. The Hall–Kier alpha value is -1.44. The molecule has 0 spiro atoms. The van der Waals surface area contributed by atoms with Gasteiger partial charge in [0.25, 0.3) is 0 Å². The first-order valence-corrected chi connectivity index (χ1v) is 5.14. The lowest BCUT2D eigenvalue weighted by Gasteiger charge is -2.14. The van der Waals surface area contributed by atoms with E-state index in [1.807, 2.05) is 0 Å². The maximum Gasteiger partial charge on any atom is 0.131 e. The van der Waals surface area contributed by atoms with Gasteiger partial charge in [0.1, 0.15) is 11.6 Å². The Morgan fingerprint density at radius 1 is 1.38 bits per heavy atom. The van der Waals surface area contributed by atoms with Crippen molar-refractivity contribution in [3.8, 4) is 0 Å². The lowest BCUT2D eigenvalue weighted by Crippen LogP contribution is -2.29. The molecule has 1 atom stereocenters. The van der Waals surface area contributed by atoms with Gasteiger partial charge in [-0.15, -0.1) is 0 Å². The highest BCUT2D eigenvalue weighted by Crippen LogP contribution is 2.23. The lowest BCUT2D eigenvalue weighted by atomic mass is 10.0. The first kappa shape index (κ1) is 11.1. The molecule has 0 radical (unpaired) electrons. The number of nitrogens with zero attached hydrogens (tertiary/aromatic N) is 2. The average Bonchev–Trinajstić information content (AvgIpc) is 2.75. The number of rotatable bonds is 3. The molecule has 0 amide bonds. The molecule has 0 aliphatic rings. The molecule has 4 nitrogen and oxygen atoms in total. The van der Waals surface area contributed by atoms with Crippen LogP contribution in [0.15, 0.2) is 24.4 Å². The molecule has 84 valence electrons. The summed E-state index contributed by atoms with van der Waals surface area (Å²) < 4.78 is 34.0. The Morgan fingerprint density at radius 3 is 2.75 bits per heavy atom. The molecule has 0 bridgehead atoms. The summed E-state index contributed by atoms with van der Waals surface area (Å²) in [6, 6.07) is 2.68. The summed E-state index contributed by atoms with van der Waals surface area (Å²) in [4.78, 5) is 0. The zero-order valence-corrected chi connectivity index (χ0v) is 8.84. The summed E-state index contributed by atoms with van der Waals surface area (Å²) in [5.41, 5.74) is 3.15. The van der Waals surface area contributed by atoms with Crippen LogP contribution < -0.4 is 11.3 Å². The summed E-state index contributed by atoms with van der Waals surface area (Å²) in [6.07, 6.45) is 1.48. The Kier molecular flexibility index (Phi) is 3.18. The molecule has 0 aliphatic carbocycles. The molecule has 3 N–H and O–H groups in total. The van der Waals surface area contributed by atoms with Gasteiger partial charge in [-0.05, 0) is 6.07 Å². The van der Waals surface area contributed by atoms with Crippen LogP contribution in [-0.2, 0) is 0 Å². The van der Waals surface area contributed by atoms with E-state index in [0.717, 1.165) is 17.8 Å². The molecule has 2 rings (SSSR count). The van der Waals surface area contributed by atoms with Gasteiger partial charge in [-0.1, -0.05) is 6.07 Å². The smallest absolute Gasteiger partial charge is 0.131 e. The van der Waals surface area contributed by atoms with Crippen molar-refractivity contribution in [3.63, 3.8) is 0 Å². The maximum absolute atomic E-state index is 13.5. The third-order valence-electron chi connectivity index (χ3n) is 2.11. The van der Waals surface area contributed by atoms with Crippen LogP contribution in [0.3, 0.4) is 0 Å². The van der Waals surface area contributed by atoms with Gasteiger partial charge in [0.2, 0.25) is 0 Å². The third-order valence-corrected chi connectivity index (χ3v) is 2.61.